The van der Waals surface area contributed by atoms with Crippen LogP contribution < -0.4 is 0 Å². The number of allylic oxidation sites excluding steroid dienone is 2. The first-order chi connectivity index (χ1) is 10.3. The third-order valence-electron chi connectivity index (χ3n) is 5.19. The summed E-state index contributed by atoms with van der Waals surface area (Å²) < 4.78 is 0. The minimum absolute atomic E-state index is 0.135. The topological polar surface area (TPSA) is 17.1 Å². The minimum atomic E-state index is 0.135. The van der Waals surface area contributed by atoms with Gasteiger partial charge in [0.05, 0.1) is 0 Å². The van der Waals surface area contributed by atoms with Crippen LogP contribution >= 0.6 is 0 Å². The molecule has 0 unspecified atom stereocenters. The monoisotopic (exact) mass is 282 g/mol. The summed E-state index contributed by atoms with van der Waals surface area (Å²) in [4.78, 5) is 12.9. The van der Waals surface area contributed by atoms with Gasteiger partial charge in [0.2, 0.25) is 0 Å². The van der Waals surface area contributed by atoms with E-state index in [2.05, 4.69) is 43.3 Å². The lowest BCUT2D eigenvalue weighted by molar-refractivity contribution is -0.123. The van der Waals surface area contributed by atoms with Gasteiger partial charge in [-0.2, -0.15) is 0 Å². The molecular weight excluding hydrogens is 256 g/mol. The molecule has 0 spiro atoms. The molecule has 0 fully saturated rings. The minimum Gasteiger partial charge on any atom is -0.298 e. The number of Topliss-reactive ketones (excluding diaryl/α,β-unsaturated/α-hetero) is 1. The van der Waals surface area contributed by atoms with E-state index >= 15 is 0 Å². The van der Waals surface area contributed by atoms with Crippen molar-refractivity contribution >= 4 is 5.78 Å². The van der Waals surface area contributed by atoms with Crippen molar-refractivity contribution in [1.29, 1.82) is 0 Å². The maximum absolute atomic E-state index is 12.9. The average molecular weight is 282 g/mol. The molecule has 112 valence electrons. The van der Waals surface area contributed by atoms with Crippen molar-refractivity contribution in [2.75, 3.05) is 0 Å². The Hall–Kier alpha value is -1.37. The predicted octanol–water partition coefficient (Wildman–Crippen LogP) is 5.37. The highest BCUT2D eigenvalue weighted by molar-refractivity contribution is 5.90. The number of hydrogen-bond donors (Lipinski definition) is 0. The molecule has 0 radical (unpaired) electrons. The summed E-state index contributed by atoms with van der Waals surface area (Å²) in [5.74, 6) is 1.30. The van der Waals surface area contributed by atoms with Crippen LogP contribution in [0.5, 0.6) is 0 Å². The molecule has 0 amide bonds. The van der Waals surface area contributed by atoms with Crippen molar-refractivity contribution in [3.63, 3.8) is 0 Å². The molecule has 0 aliphatic heterocycles. The van der Waals surface area contributed by atoms with Gasteiger partial charge in [-0.15, -0.1) is 0 Å². The van der Waals surface area contributed by atoms with Gasteiger partial charge < -0.3 is 0 Å². The molecule has 1 nitrogen and oxygen atoms in total. The lowest BCUT2D eigenvalue weighted by Gasteiger charge is -2.32. The zero-order valence-electron chi connectivity index (χ0n) is 13.1. The van der Waals surface area contributed by atoms with Gasteiger partial charge in [0.15, 0.2) is 0 Å². The maximum atomic E-state index is 12.9. The first-order valence-corrected chi connectivity index (χ1v) is 8.62. The molecule has 0 saturated carbocycles. The quantitative estimate of drug-likeness (QED) is 0.524. The molecule has 3 atom stereocenters. The summed E-state index contributed by atoms with van der Waals surface area (Å²) in [5.41, 5.74) is 2.72. The number of rotatable bonds is 5. The average Bonchev–Trinajstić information content (AvgIpc) is 2.54. The number of carbonyl (C=O) groups excluding carboxylic acids is 1. The van der Waals surface area contributed by atoms with Crippen molar-refractivity contribution in [2.24, 2.45) is 5.92 Å². The molecule has 1 aromatic carbocycles. The number of ketones is 1. The van der Waals surface area contributed by atoms with Gasteiger partial charge in [-0.25, -0.2) is 0 Å². The first kappa shape index (κ1) is 14.6. The summed E-state index contributed by atoms with van der Waals surface area (Å²) >= 11 is 0. The van der Waals surface area contributed by atoms with Crippen LogP contribution in [0.15, 0.2) is 36.4 Å². The molecule has 0 N–H and O–H groups in total. The van der Waals surface area contributed by atoms with E-state index in [4.69, 9.17) is 0 Å². The van der Waals surface area contributed by atoms with Gasteiger partial charge in [0, 0.05) is 17.8 Å². The number of fused-ring (bicyclic) bond motifs is 2. The molecule has 2 bridgehead atoms. The maximum Gasteiger partial charge on any atom is 0.147 e. The number of unbranched alkanes of at least 4 members (excludes halogenated alkanes) is 3. The smallest absolute Gasteiger partial charge is 0.147 e. The van der Waals surface area contributed by atoms with Crippen LogP contribution in [0.25, 0.3) is 0 Å². The standard InChI is InChI=1S/C20H26O/c1-2-3-4-5-10-19-18-9-7-6-8-17(18)15-11-13-16(14-12-15)20(19)21/h6-9,11,13,15-16,19H,2-5,10,12,14H2,1H3/t15-,16+,19-/m1/s1. The van der Waals surface area contributed by atoms with Crippen LogP contribution in [-0.2, 0) is 4.79 Å². The molecule has 0 heterocycles. The Morgan fingerprint density at radius 2 is 1.67 bits per heavy atom. The third-order valence-corrected chi connectivity index (χ3v) is 5.19. The SMILES string of the molecule is CCCCCC[C@H]1C(=O)[C@H]2C=C[C@H](CC2)c2ccccc21. The largest absolute Gasteiger partial charge is 0.298 e. The van der Waals surface area contributed by atoms with E-state index in [0.717, 1.165) is 19.3 Å². The van der Waals surface area contributed by atoms with Crippen LogP contribution in [-0.4, -0.2) is 5.78 Å². The van der Waals surface area contributed by atoms with Crippen LogP contribution in [0.3, 0.4) is 0 Å². The molecule has 4 rings (SSSR count). The Labute approximate surface area is 128 Å². The second kappa shape index (κ2) is 6.60. The van der Waals surface area contributed by atoms with Crippen LogP contribution in [0.4, 0.5) is 0 Å². The van der Waals surface area contributed by atoms with Crippen LogP contribution in [0.1, 0.15) is 74.8 Å². The number of benzene rings is 1. The van der Waals surface area contributed by atoms with E-state index in [9.17, 15) is 4.79 Å². The highest BCUT2D eigenvalue weighted by Gasteiger charge is 2.34. The molecule has 1 heteroatoms. The summed E-state index contributed by atoms with van der Waals surface area (Å²) in [6, 6.07) is 8.66. The fourth-order valence-corrected chi connectivity index (χ4v) is 3.97. The van der Waals surface area contributed by atoms with Gasteiger partial charge in [-0.05, 0) is 30.4 Å². The Kier molecular flexibility index (Phi) is 4.57. The van der Waals surface area contributed by atoms with Gasteiger partial charge in [-0.1, -0.05) is 69.0 Å². The van der Waals surface area contributed by atoms with Gasteiger partial charge >= 0.3 is 0 Å². The predicted molar refractivity (Wildman–Crippen MR) is 87.6 cm³/mol. The van der Waals surface area contributed by atoms with Gasteiger partial charge in [0.25, 0.3) is 0 Å². The summed E-state index contributed by atoms with van der Waals surface area (Å²) in [5, 5.41) is 0. The molecule has 21 heavy (non-hydrogen) atoms. The van der Waals surface area contributed by atoms with E-state index in [1.54, 1.807) is 0 Å². The van der Waals surface area contributed by atoms with E-state index in [1.165, 1.54) is 36.8 Å². The fraction of sp³-hybridized carbons (Fsp3) is 0.550. The molecular formula is C20H26O. The lowest BCUT2D eigenvalue weighted by Crippen LogP contribution is -2.27. The third kappa shape index (κ3) is 2.97. The molecule has 3 aliphatic rings. The van der Waals surface area contributed by atoms with Crippen molar-refractivity contribution in [2.45, 2.75) is 63.7 Å². The normalized spacial score (nSPS) is 27.3. The second-order valence-electron chi connectivity index (χ2n) is 6.61. The Morgan fingerprint density at radius 3 is 2.38 bits per heavy atom. The van der Waals surface area contributed by atoms with E-state index in [0.29, 0.717) is 11.7 Å². The number of carbonyl (C=O) groups is 1. The highest BCUT2D eigenvalue weighted by atomic mass is 16.1. The fourth-order valence-electron chi connectivity index (χ4n) is 3.97. The summed E-state index contributed by atoms with van der Waals surface area (Å²) in [6.45, 7) is 2.24. The van der Waals surface area contributed by atoms with Gasteiger partial charge in [-0.3, -0.25) is 4.79 Å². The Balaban J connectivity index is 1.88. The Bertz CT molecular complexity index is 528. The summed E-state index contributed by atoms with van der Waals surface area (Å²) in [7, 11) is 0. The van der Waals surface area contributed by atoms with E-state index in [1.807, 2.05) is 0 Å². The number of hydrogen-bond acceptors (Lipinski definition) is 1. The van der Waals surface area contributed by atoms with Crippen molar-refractivity contribution in [1.82, 2.24) is 0 Å². The van der Waals surface area contributed by atoms with E-state index in [-0.39, 0.29) is 11.8 Å². The molecule has 0 aromatic heterocycles. The van der Waals surface area contributed by atoms with Crippen molar-refractivity contribution < 1.29 is 4.79 Å². The highest BCUT2D eigenvalue weighted by Crippen LogP contribution is 2.42. The molecule has 1 aromatic rings. The van der Waals surface area contributed by atoms with Crippen LogP contribution in [0.2, 0.25) is 0 Å². The zero-order valence-corrected chi connectivity index (χ0v) is 13.1. The molecule has 0 saturated heterocycles. The molecule has 3 aliphatic carbocycles. The van der Waals surface area contributed by atoms with Crippen molar-refractivity contribution in [3.05, 3.63) is 47.5 Å². The summed E-state index contributed by atoms with van der Waals surface area (Å²) in [6.07, 6.45) is 12.6. The van der Waals surface area contributed by atoms with Crippen molar-refractivity contribution in [3.8, 4) is 0 Å². The van der Waals surface area contributed by atoms with E-state index < -0.39 is 0 Å². The zero-order chi connectivity index (χ0) is 14.7. The first-order valence-electron chi connectivity index (χ1n) is 8.62. The Morgan fingerprint density at radius 1 is 0.952 bits per heavy atom. The lowest BCUT2D eigenvalue weighted by atomic mass is 9.70. The van der Waals surface area contributed by atoms with Crippen LogP contribution in [0, 0.1) is 5.92 Å². The van der Waals surface area contributed by atoms with Gasteiger partial charge in [0.1, 0.15) is 5.78 Å². The second-order valence-corrected chi connectivity index (χ2v) is 6.61.